The third kappa shape index (κ3) is 6.81. The molecule has 0 radical (unpaired) electrons. The van der Waals surface area contributed by atoms with E-state index in [9.17, 15) is 9.59 Å². The van der Waals surface area contributed by atoms with Gasteiger partial charge in [-0.3, -0.25) is 0 Å². The molecule has 0 unspecified atom stereocenters. The third-order valence-corrected chi connectivity index (χ3v) is 4.92. The molecule has 4 heteroatoms. The second kappa shape index (κ2) is 11.7. The quantitative estimate of drug-likeness (QED) is 0.355. The Balaban J connectivity index is 1.69. The summed E-state index contributed by atoms with van der Waals surface area (Å²) in [7, 11) is 0. The molecule has 1 aromatic carbocycles. The maximum Gasteiger partial charge on any atom is 0.339 e. The van der Waals surface area contributed by atoms with Gasteiger partial charge in [-0.1, -0.05) is 64.0 Å². The van der Waals surface area contributed by atoms with Gasteiger partial charge >= 0.3 is 11.9 Å². The van der Waals surface area contributed by atoms with Crippen molar-refractivity contribution in [2.45, 2.75) is 83.7 Å². The second-order valence-corrected chi connectivity index (χ2v) is 7.11. The zero-order valence-corrected chi connectivity index (χ0v) is 16.0. The fourth-order valence-electron chi connectivity index (χ4n) is 3.02. The van der Waals surface area contributed by atoms with E-state index in [0.717, 1.165) is 32.1 Å². The Labute approximate surface area is 157 Å². The van der Waals surface area contributed by atoms with Gasteiger partial charge in [0.2, 0.25) is 0 Å². The maximum atomic E-state index is 12.3. The molecule has 2 rings (SSSR count). The van der Waals surface area contributed by atoms with Crippen LogP contribution in [0.1, 0.15) is 98.3 Å². The van der Waals surface area contributed by atoms with Gasteiger partial charge in [-0.05, 0) is 37.8 Å². The van der Waals surface area contributed by atoms with Crippen LogP contribution in [0.15, 0.2) is 24.3 Å². The van der Waals surface area contributed by atoms with Crippen LogP contribution in [0.5, 0.6) is 0 Å². The minimum absolute atomic E-state index is 0.00361. The van der Waals surface area contributed by atoms with Crippen molar-refractivity contribution >= 4 is 11.9 Å². The first kappa shape index (κ1) is 20.5. The van der Waals surface area contributed by atoms with Gasteiger partial charge in [0.25, 0.3) is 0 Å². The number of hydrogen-bond acceptors (Lipinski definition) is 4. The number of unbranched alkanes of at least 4 members (excludes halogenated alkanes) is 7. The fraction of sp³-hybridized carbons (Fsp3) is 0.636. The summed E-state index contributed by atoms with van der Waals surface area (Å²) in [6, 6.07) is 6.75. The van der Waals surface area contributed by atoms with Crippen LogP contribution in [0.25, 0.3) is 0 Å². The van der Waals surface area contributed by atoms with Crippen LogP contribution in [0, 0.1) is 0 Å². The summed E-state index contributed by atoms with van der Waals surface area (Å²) in [6.45, 7) is 2.62. The number of esters is 2. The van der Waals surface area contributed by atoms with Crippen molar-refractivity contribution in [2.24, 2.45) is 0 Å². The summed E-state index contributed by atoms with van der Waals surface area (Å²) in [6.07, 6.45) is 12.5. The SMILES string of the molecule is CCCCCCCCCCOC(=O)c1ccccc1C(=O)OC1CCC1. The molecule has 0 aliphatic heterocycles. The highest BCUT2D eigenvalue weighted by Gasteiger charge is 2.25. The van der Waals surface area contributed by atoms with Crippen LogP contribution in [0.2, 0.25) is 0 Å². The van der Waals surface area contributed by atoms with E-state index >= 15 is 0 Å². The van der Waals surface area contributed by atoms with Crippen LogP contribution in [0.3, 0.4) is 0 Å². The lowest BCUT2D eigenvalue weighted by Gasteiger charge is -2.25. The van der Waals surface area contributed by atoms with E-state index in [0.29, 0.717) is 17.7 Å². The summed E-state index contributed by atoms with van der Waals surface area (Å²) in [5.74, 6) is -0.858. The Morgan fingerprint density at radius 3 is 2.04 bits per heavy atom. The lowest BCUT2D eigenvalue weighted by Crippen LogP contribution is -2.26. The van der Waals surface area contributed by atoms with Gasteiger partial charge in [0.1, 0.15) is 6.10 Å². The normalized spacial score (nSPS) is 13.9. The Hall–Kier alpha value is -1.84. The molecule has 0 bridgehead atoms. The van der Waals surface area contributed by atoms with Gasteiger partial charge in [0.05, 0.1) is 17.7 Å². The lowest BCUT2D eigenvalue weighted by molar-refractivity contribution is 0.00849. The number of ether oxygens (including phenoxy) is 2. The zero-order chi connectivity index (χ0) is 18.6. The van der Waals surface area contributed by atoms with E-state index in [2.05, 4.69) is 6.92 Å². The number of hydrogen-bond donors (Lipinski definition) is 0. The summed E-state index contributed by atoms with van der Waals surface area (Å²) in [5, 5.41) is 0. The Morgan fingerprint density at radius 2 is 1.46 bits per heavy atom. The average Bonchev–Trinajstić information content (AvgIpc) is 2.63. The average molecular weight is 360 g/mol. The number of carbonyl (C=O) groups is 2. The zero-order valence-electron chi connectivity index (χ0n) is 16.0. The third-order valence-electron chi connectivity index (χ3n) is 4.92. The minimum atomic E-state index is -0.436. The molecule has 0 N–H and O–H groups in total. The van der Waals surface area contributed by atoms with E-state index in [1.807, 2.05) is 0 Å². The molecule has 1 fully saturated rings. The highest BCUT2D eigenvalue weighted by Crippen LogP contribution is 2.24. The van der Waals surface area contributed by atoms with Gasteiger partial charge < -0.3 is 9.47 Å². The predicted molar refractivity (Wildman–Crippen MR) is 102 cm³/mol. The van der Waals surface area contributed by atoms with E-state index in [-0.39, 0.29) is 6.10 Å². The van der Waals surface area contributed by atoms with E-state index in [4.69, 9.17) is 9.47 Å². The Bertz CT molecular complexity index is 563. The van der Waals surface area contributed by atoms with Crippen LogP contribution in [-0.4, -0.2) is 24.6 Å². The molecule has 0 spiro atoms. The van der Waals surface area contributed by atoms with Crippen molar-refractivity contribution in [3.05, 3.63) is 35.4 Å². The molecular formula is C22H32O4. The smallest absolute Gasteiger partial charge is 0.339 e. The largest absolute Gasteiger partial charge is 0.462 e. The van der Waals surface area contributed by atoms with Gasteiger partial charge in [0.15, 0.2) is 0 Å². The summed E-state index contributed by atoms with van der Waals surface area (Å²) < 4.78 is 10.8. The molecule has 26 heavy (non-hydrogen) atoms. The second-order valence-electron chi connectivity index (χ2n) is 7.11. The highest BCUT2D eigenvalue weighted by atomic mass is 16.5. The molecule has 0 saturated heterocycles. The van der Waals surface area contributed by atoms with Crippen molar-refractivity contribution in [1.82, 2.24) is 0 Å². The number of rotatable bonds is 12. The van der Waals surface area contributed by atoms with Crippen LogP contribution >= 0.6 is 0 Å². The predicted octanol–water partition coefficient (Wildman–Crippen LogP) is 5.69. The van der Waals surface area contributed by atoms with Gasteiger partial charge in [-0.2, -0.15) is 0 Å². The standard InChI is InChI=1S/C22H32O4/c1-2-3-4-5-6-7-8-11-17-25-21(23)19-15-9-10-16-20(19)22(24)26-18-13-12-14-18/h9-10,15-16,18H,2-8,11-14,17H2,1H3. The van der Waals surface area contributed by atoms with Crippen LogP contribution in [-0.2, 0) is 9.47 Å². The molecule has 4 nitrogen and oxygen atoms in total. The van der Waals surface area contributed by atoms with Gasteiger partial charge in [0, 0.05) is 0 Å². The van der Waals surface area contributed by atoms with Gasteiger partial charge in [-0.15, -0.1) is 0 Å². The molecule has 1 aliphatic carbocycles. The molecule has 0 atom stereocenters. The Morgan fingerprint density at radius 1 is 0.885 bits per heavy atom. The first-order chi connectivity index (χ1) is 12.7. The van der Waals surface area contributed by atoms with E-state index in [1.165, 1.54) is 38.5 Å². The molecule has 1 saturated carbocycles. The molecule has 144 valence electrons. The molecule has 0 aromatic heterocycles. The highest BCUT2D eigenvalue weighted by molar-refractivity contribution is 6.03. The maximum absolute atomic E-state index is 12.3. The molecule has 0 amide bonds. The van der Waals surface area contributed by atoms with Crippen molar-refractivity contribution in [3.8, 4) is 0 Å². The fourth-order valence-corrected chi connectivity index (χ4v) is 3.02. The minimum Gasteiger partial charge on any atom is -0.462 e. The summed E-state index contributed by atoms with van der Waals surface area (Å²) in [4.78, 5) is 24.6. The monoisotopic (exact) mass is 360 g/mol. The van der Waals surface area contributed by atoms with Gasteiger partial charge in [-0.25, -0.2) is 9.59 Å². The van der Waals surface area contributed by atoms with Crippen molar-refractivity contribution in [1.29, 1.82) is 0 Å². The Kier molecular flexibility index (Phi) is 9.22. The number of carbonyl (C=O) groups excluding carboxylic acids is 2. The van der Waals surface area contributed by atoms with E-state index < -0.39 is 11.9 Å². The molecule has 1 aromatic rings. The van der Waals surface area contributed by atoms with E-state index in [1.54, 1.807) is 24.3 Å². The van der Waals surface area contributed by atoms with Crippen molar-refractivity contribution < 1.29 is 19.1 Å². The van der Waals surface area contributed by atoms with Crippen molar-refractivity contribution in [3.63, 3.8) is 0 Å². The van der Waals surface area contributed by atoms with Crippen LogP contribution < -0.4 is 0 Å². The van der Waals surface area contributed by atoms with Crippen molar-refractivity contribution in [2.75, 3.05) is 6.61 Å². The summed E-state index contributed by atoms with van der Waals surface area (Å²) >= 11 is 0. The number of benzene rings is 1. The lowest BCUT2D eigenvalue weighted by atomic mass is 9.96. The van der Waals surface area contributed by atoms with Crippen LogP contribution in [0.4, 0.5) is 0 Å². The topological polar surface area (TPSA) is 52.6 Å². The molecular weight excluding hydrogens is 328 g/mol. The first-order valence-corrected chi connectivity index (χ1v) is 10.2. The molecule has 0 heterocycles. The summed E-state index contributed by atoms with van der Waals surface area (Å²) in [5.41, 5.74) is 0.608. The molecule has 1 aliphatic rings. The first-order valence-electron chi connectivity index (χ1n) is 10.2.